The standard InChI is InChI=1S/C12H12ClN3S/c1-3-5-8(4-2)14-10-9-6-7-17-11(9)16-12(13)15-10/h2,6-8H,3,5H2,1H3,(H,14,15,16). The summed E-state index contributed by atoms with van der Waals surface area (Å²) in [5.74, 6) is 3.44. The van der Waals surface area contributed by atoms with Crippen LogP contribution in [0.4, 0.5) is 5.82 Å². The molecule has 2 aromatic rings. The van der Waals surface area contributed by atoms with E-state index >= 15 is 0 Å². The summed E-state index contributed by atoms with van der Waals surface area (Å²) in [4.78, 5) is 9.23. The van der Waals surface area contributed by atoms with Crippen LogP contribution in [-0.2, 0) is 0 Å². The topological polar surface area (TPSA) is 37.8 Å². The summed E-state index contributed by atoms with van der Waals surface area (Å²) >= 11 is 7.41. The predicted octanol–water partition coefficient (Wildman–Crippen LogP) is 3.56. The zero-order chi connectivity index (χ0) is 12.3. The fourth-order valence-corrected chi connectivity index (χ4v) is 2.57. The number of halogens is 1. The first-order valence-corrected chi connectivity index (χ1v) is 6.63. The van der Waals surface area contributed by atoms with E-state index in [4.69, 9.17) is 18.0 Å². The first-order valence-electron chi connectivity index (χ1n) is 5.38. The van der Waals surface area contributed by atoms with Gasteiger partial charge in [0.25, 0.3) is 0 Å². The lowest BCUT2D eigenvalue weighted by molar-refractivity contribution is 0.753. The minimum absolute atomic E-state index is 0.0194. The number of nitrogens with zero attached hydrogens (tertiary/aromatic N) is 2. The molecule has 88 valence electrons. The highest BCUT2D eigenvalue weighted by molar-refractivity contribution is 7.16. The lowest BCUT2D eigenvalue weighted by Crippen LogP contribution is -2.17. The Kier molecular flexibility index (Phi) is 3.82. The maximum atomic E-state index is 5.88. The molecular formula is C12H12ClN3S. The number of hydrogen-bond donors (Lipinski definition) is 1. The van der Waals surface area contributed by atoms with Crippen LogP contribution >= 0.6 is 22.9 Å². The molecule has 0 aliphatic heterocycles. The van der Waals surface area contributed by atoms with Gasteiger partial charge in [0.05, 0.1) is 11.4 Å². The Morgan fingerprint density at radius 3 is 3.12 bits per heavy atom. The summed E-state index contributed by atoms with van der Waals surface area (Å²) in [6, 6.07) is 1.95. The van der Waals surface area contributed by atoms with Gasteiger partial charge in [0.2, 0.25) is 5.28 Å². The fourth-order valence-electron chi connectivity index (χ4n) is 1.59. The summed E-state index contributed by atoms with van der Waals surface area (Å²) in [5, 5.41) is 6.41. The van der Waals surface area contributed by atoms with Crippen molar-refractivity contribution >= 4 is 39.0 Å². The highest BCUT2D eigenvalue weighted by atomic mass is 35.5. The number of anilines is 1. The van der Waals surface area contributed by atoms with Gasteiger partial charge in [0.15, 0.2) is 0 Å². The molecular weight excluding hydrogens is 254 g/mol. The van der Waals surface area contributed by atoms with Gasteiger partial charge in [-0.05, 0) is 29.5 Å². The van der Waals surface area contributed by atoms with Crippen molar-refractivity contribution in [3.05, 3.63) is 16.7 Å². The van der Waals surface area contributed by atoms with E-state index in [0.717, 1.165) is 28.9 Å². The molecule has 0 bridgehead atoms. The van der Waals surface area contributed by atoms with Crippen LogP contribution in [0, 0.1) is 12.3 Å². The number of thiophene rings is 1. The van der Waals surface area contributed by atoms with Gasteiger partial charge >= 0.3 is 0 Å². The van der Waals surface area contributed by atoms with Crippen molar-refractivity contribution in [1.29, 1.82) is 0 Å². The molecule has 2 aromatic heterocycles. The SMILES string of the molecule is C#CC(CCC)Nc1nc(Cl)nc2sccc12. The molecule has 1 unspecified atom stereocenters. The molecule has 1 N–H and O–H groups in total. The van der Waals surface area contributed by atoms with E-state index in [2.05, 4.69) is 28.1 Å². The first-order chi connectivity index (χ1) is 8.24. The summed E-state index contributed by atoms with van der Waals surface area (Å²) < 4.78 is 0. The van der Waals surface area contributed by atoms with Crippen LogP contribution in [0.15, 0.2) is 11.4 Å². The zero-order valence-electron chi connectivity index (χ0n) is 9.40. The third-order valence-corrected chi connectivity index (χ3v) is 3.36. The van der Waals surface area contributed by atoms with Crippen molar-refractivity contribution < 1.29 is 0 Å². The van der Waals surface area contributed by atoms with Crippen LogP contribution in [0.1, 0.15) is 19.8 Å². The van der Waals surface area contributed by atoms with Crippen molar-refractivity contribution in [2.45, 2.75) is 25.8 Å². The molecule has 0 amide bonds. The van der Waals surface area contributed by atoms with Gasteiger partial charge in [-0.15, -0.1) is 17.8 Å². The molecule has 0 aliphatic carbocycles. The van der Waals surface area contributed by atoms with E-state index in [0.29, 0.717) is 0 Å². The quantitative estimate of drug-likeness (QED) is 0.679. The molecule has 0 spiro atoms. The highest BCUT2D eigenvalue weighted by Crippen LogP contribution is 2.27. The molecule has 1 atom stereocenters. The van der Waals surface area contributed by atoms with Crippen molar-refractivity contribution in [3.63, 3.8) is 0 Å². The normalized spacial score (nSPS) is 12.3. The lowest BCUT2D eigenvalue weighted by atomic mass is 10.2. The Morgan fingerprint density at radius 2 is 2.41 bits per heavy atom. The van der Waals surface area contributed by atoms with E-state index in [1.165, 1.54) is 11.3 Å². The van der Waals surface area contributed by atoms with Gasteiger partial charge in [-0.1, -0.05) is 19.3 Å². The maximum absolute atomic E-state index is 5.88. The predicted molar refractivity (Wildman–Crippen MR) is 73.6 cm³/mol. The number of aromatic nitrogens is 2. The van der Waals surface area contributed by atoms with Crippen molar-refractivity contribution in [2.75, 3.05) is 5.32 Å². The van der Waals surface area contributed by atoms with Crippen molar-refractivity contribution in [1.82, 2.24) is 9.97 Å². The number of rotatable bonds is 4. The average Bonchev–Trinajstić information content (AvgIpc) is 2.76. The Bertz CT molecular complexity index is 558. The van der Waals surface area contributed by atoms with Gasteiger partial charge in [-0.3, -0.25) is 0 Å². The second kappa shape index (κ2) is 5.35. The second-order valence-electron chi connectivity index (χ2n) is 3.63. The van der Waals surface area contributed by atoms with Gasteiger partial charge in [-0.25, -0.2) is 9.97 Å². The molecule has 17 heavy (non-hydrogen) atoms. The summed E-state index contributed by atoms with van der Waals surface area (Å²) in [5.41, 5.74) is 0. The molecule has 0 aromatic carbocycles. The first kappa shape index (κ1) is 12.2. The van der Waals surface area contributed by atoms with Crippen LogP contribution in [0.3, 0.4) is 0 Å². The van der Waals surface area contributed by atoms with E-state index in [1.807, 2.05) is 11.4 Å². The van der Waals surface area contributed by atoms with E-state index < -0.39 is 0 Å². The molecule has 3 nitrogen and oxygen atoms in total. The molecule has 5 heteroatoms. The van der Waals surface area contributed by atoms with Crippen LogP contribution in [0.5, 0.6) is 0 Å². The van der Waals surface area contributed by atoms with Gasteiger partial charge in [0.1, 0.15) is 10.6 Å². The third-order valence-electron chi connectivity index (χ3n) is 2.39. The maximum Gasteiger partial charge on any atom is 0.225 e. The zero-order valence-corrected chi connectivity index (χ0v) is 11.0. The van der Waals surface area contributed by atoms with Crippen molar-refractivity contribution in [2.24, 2.45) is 0 Å². The summed E-state index contributed by atoms with van der Waals surface area (Å²) in [7, 11) is 0. The van der Waals surface area contributed by atoms with Crippen LogP contribution < -0.4 is 5.32 Å². The molecule has 2 rings (SSSR count). The summed E-state index contributed by atoms with van der Waals surface area (Å²) in [6.45, 7) is 2.10. The Morgan fingerprint density at radius 1 is 1.59 bits per heavy atom. The molecule has 0 fully saturated rings. The molecule has 0 saturated carbocycles. The third kappa shape index (κ3) is 2.68. The van der Waals surface area contributed by atoms with Gasteiger partial charge in [0, 0.05) is 0 Å². The minimum Gasteiger partial charge on any atom is -0.356 e. The smallest absolute Gasteiger partial charge is 0.225 e. The minimum atomic E-state index is -0.0194. The van der Waals surface area contributed by atoms with E-state index in [9.17, 15) is 0 Å². The fraction of sp³-hybridized carbons (Fsp3) is 0.333. The van der Waals surface area contributed by atoms with E-state index in [-0.39, 0.29) is 11.3 Å². The lowest BCUT2D eigenvalue weighted by Gasteiger charge is -2.13. The molecule has 0 radical (unpaired) electrons. The highest BCUT2D eigenvalue weighted by Gasteiger charge is 2.11. The number of hydrogen-bond acceptors (Lipinski definition) is 4. The Hall–Kier alpha value is -1.31. The van der Waals surface area contributed by atoms with Gasteiger partial charge in [-0.2, -0.15) is 0 Å². The second-order valence-corrected chi connectivity index (χ2v) is 4.87. The number of nitrogens with one attached hydrogen (secondary N) is 1. The van der Waals surface area contributed by atoms with Gasteiger partial charge < -0.3 is 5.32 Å². The van der Waals surface area contributed by atoms with Crippen LogP contribution in [0.2, 0.25) is 5.28 Å². The average molecular weight is 266 g/mol. The van der Waals surface area contributed by atoms with Crippen LogP contribution in [-0.4, -0.2) is 16.0 Å². The monoisotopic (exact) mass is 265 g/mol. The Labute approximate surface area is 109 Å². The molecule has 0 saturated heterocycles. The van der Waals surface area contributed by atoms with Crippen molar-refractivity contribution in [3.8, 4) is 12.3 Å². The Balaban J connectivity index is 2.34. The molecule has 2 heterocycles. The number of terminal acetylenes is 1. The van der Waals surface area contributed by atoms with E-state index in [1.54, 1.807) is 0 Å². The molecule has 0 aliphatic rings. The number of fused-ring (bicyclic) bond motifs is 1. The van der Waals surface area contributed by atoms with Crippen LogP contribution in [0.25, 0.3) is 10.2 Å². The summed E-state index contributed by atoms with van der Waals surface area (Å²) in [6.07, 6.45) is 7.41. The largest absolute Gasteiger partial charge is 0.356 e.